The summed E-state index contributed by atoms with van der Waals surface area (Å²) < 4.78 is 30.2. The Morgan fingerprint density at radius 2 is 1.82 bits per heavy atom. The van der Waals surface area contributed by atoms with Gasteiger partial charge in [-0.25, -0.2) is 0 Å². The number of benzene rings is 1. The number of hydrogen-bond donors (Lipinski definition) is 3. The van der Waals surface area contributed by atoms with E-state index >= 15 is 0 Å². The van der Waals surface area contributed by atoms with Crippen molar-refractivity contribution in [1.29, 1.82) is 0 Å². The fourth-order valence-electron chi connectivity index (χ4n) is 1.32. The minimum absolute atomic E-state index is 0.0999. The van der Waals surface area contributed by atoms with Gasteiger partial charge in [0.1, 0.15) is 0 Å². The lowest BCUT2D eigenvalue weighted by atomic mass is 10.1. The van der Waals surface area contributed by atoms with Crippen molar-refractivity contribution in [3.8, 4) is 0 Å². The zero-order valence-corrected chi connectivity index (χ0v) is 10.4. The third-order valence-electron chi connectivity index (χ3n) is 2.46. The molecule has 3 N–H and O–H groups in total. The lowest BCUT2D eigenvalue weighted by Gasteiger charge is -2.14. The number of aliphatic hydroxyl groups is 1. The van der Waals surface area contributed by atoms with Crippen LogP contribution in [0.1, 0.15) is 18.6 Å². The molecule has 17 heavy (non-hydrogen) atoms. The summed E-state index contributed by atoms with van der Waals surface area (Å²) in [6.45, 7) is 1.74. The molecule has 0 amide bonds. The van der Waals surface area contributed by atoms with Gasteiger partial charge in [-0.2, -0.15) is 8.42 Å². The molecule has 1 aromatic carbocycles. The van der Waals surface area contributed by atoms with E-state index in [2.05, 4.69) is 5.32 Å². The van der Waals surface area contributed by atoms with Crippen molar-refractivity contribution in [2.24, 2.45) is 0 Å². The molecule has 1 rings (SSSR count). The number of rotatable bonds is 6. The fraction of sp³-hybridized carbons (Fsp3) is 0.455. The molecule has 0 spiro atoms. The first-order chi connectivity index (χ1) is 7.91. The maximum Gasteiger partial charge on any atom is 0.268 e. The van der Waals surface area contributed by atoms with Crippen LogP contribution < -0.4 is 5.32 Å². The van der Waals surface area contributed by atoms with E-state index in [0.717, 1.165) is 5.56 Å². The SMILES string of the molecule is CC(CNC[C@H](O)c1ccccc1)S(=O)(=O)O. The molecule has 0 radical (unpaired) electrons. The van der Waals surface area contributed by atoms with Gasteiger partial charge in [-0.3, -0.25) is 4.55 Å². The fourth-order valence-corrected chi connectivity index (χ4v) is 1.65. The average Bonchev–Trinajstić information content (AvgIpc) is 2.28. The third-order valence-corrected chi connectivity index (χ3v) is 3.65. The first-order valence-electron chi connectivity index (χ1n) is 5.31. The summed E-state index contributed by atoms with van der Waals surface area (Å²) in [7, 11) is -4.01. The molecule has 0 bridgehead atoms. The first-order valence-corrected chi connectivity index (χ1v) is 6.81. The Morgan fingerprint density at radius 1 is 1.24 bits per heavy atom. The van der Waals surface area contributed by atoms with Gasteiger partial charge in [-0.05, 0) is 12.5 Å². The van der Waals surface area contributed by atoms with Crippen molar-refractivity contribution in [3.63, 3.8) is 0 Å². The summed E-state index contributed by atoms with van der Waals surface area (Å²) in [4.78, 5) is 0. The van der Waals surface area contributed by atoms with Crippen molar-refractivity contribution < 1.29 is 18.1 Å². The topological polar surface area (TPSA) is 86.6 Å². The van der Waals surface area contributed by atoms with E-state index in [4.69, 9.17) is 4.55 Å². The van der Waals surface area contributed by atoms with Crippen LogP contribution in [0.4, 0.5) is 0 Å². The highest BCUT2D eigenvalue weighted by Gasteiger charge is 2.17. The Bertz CT molecular complexity index is 432. The summed E-state index contributed by atoms with van der Waals surface area (Å²) >= 11 is 0. The van der Waals surface area contributed by atoms with Crippen molar-refractivity contribution in [2.45, 2.75) is 18.3 Å². The van der Waals surface area contributed by atoms with Crippen LogP contribution in [-0.4, -0.2) is 36.4 Å². The van der Waals surface area contributed by atoms with Crippen LogP contribution in [-0.2, 0) is 10.1 Å². The van der Waals surface area contributed by atoms with Gasteiger partial charge in [0, 0.05) is 13.1 Å². The molecule has 6 heteroatoms. The van der Waals surface area contributed by atoms with Crippen LogP contribution in [0.2, 0.25) is 0 Å². The van der Waals surface area contributed by atoms with Crippen molar-refractivity contribution in [1.82, 2.24) is 5.32 Å². The first kappa shape index (κ1) is 14.1. The van der Waals surface area contributed by atoms with Gasteiger partial charge < -0.3 is 10.4 Å². The van der Waals surface area contributed by atoms with Gasteiger partial charge >= 0.3 is 0 Å². The van der Waals surface area contributed by atoms with Crippen LogP contribution in [0.15, 0.2) is 30.3 Å². The second-order valence-electron chi connectivity index (χ2n) is 3.91. The van der Waals surface area contributed by atoms with Crippen molar-refractivity contribution in [3.05, 3.63) is 35.9 Å². The largest absolute Gasteiger partial charge is 0.387 e. The van der Waals surface area contributed by atoms with Gasteiger partial charge in [-0.1, -0.05) is 30.3 Å². The van der Waals surface area contributed by atoms with Gasteiger partial charge in [0.15, 0.2) is 0 Å². The highest BCUT2D eigenvalue weighted by Crippen LogP contribution is 2.10. The average molecular weight is 259 g/mol. The van der Waals surface area contributed by atoms with E-state index in [-0.39, 0.29) is 13.1 Å². The number of nitrogens with one attached hydrogen (secondary N) is 1. The quantitative estimate of drug-likeness (QED) is 0.651. The summed E-state index contributed by atoms with van der Waals surface area (Å²) in [5.74, 6) is 0. The van der Waals surface area contributed by atoms with Crippen molar-refractivity contribution in [2.75, 3.05) is 13.1 Å². The summed E-state index contributed by atoms with van der Waals surface area (Å²) in [5, 5.41) is 11.7. The zero-order chi connectivity index (χ0) is 12.9. The molecule has 0 aromatic heterocycles. The molecule has 0 saturated carbocycles. The van der Waals surface area contributed by atoms with E-state index < -0.39 is 21.5 Å². The lowest BCUT2D eigenvalue weighted by Crippen LogP contribution is -2.33. The molecule has 5 nitrogen and oxygen atoms in total. The molecular weight excluding hydrogens is 242 g/mol. The predicted molar refractivity (Wildman–Crippen MR) is 65.3 cm³/mol. The van der Waals surface area contributed by atoms with E-state index in [1.54, 1.807) is 12.1 Å². The second-order valence-corrected chi connectivity index (χ2v) is 5.75. The van der Waals surface area contributed by atoms with Gasteiger partial charge in [0.2, 0.25) is 0 Å². The van der Waals surface area contributed by atoms with Crippen LogP contribution >= 0.6 is 0 Å². The monoisotopic (exact) mass is 259 g/mol. The molecule has 0 fully saturated rings. The highest BCUT2D eigenvalue weighted by atomic mass is 32.2. The van der Waals surface area contributed by atoms with Crippen LogP contribution in [0.3, 0.4) is 0 Å². The van der Waals surface area contributed by atoms with Crippen LogP contribution in [0.25, 0.3) is 0 Å². The minimum Gasteiger partial charge on any atom is -0.387 e. The molecule has 2 atom stereocenters. The van der Waals surface area contributed by atoms with Gasteiger partial charge in [0.25, 0.3) is 10.1 Å². The Balaban J connectivity index is 2.38. The smallest absolute Gasteiger partial charge is 0.268 e. The standard InChI is InChI=1S/C11H17NO4S/c1-9(17(14,15)16)7-12-8-11(13)10-5-3-2-4-6-10/h2-6,9,11-13H,7-8H2,1H3,(H,14,15,16)/t9?,11-/m0/s1. The number of hydrogen-bond acceptors (Lipinski definition) is 4. The molecule has 0 saturated heterocycles. The lowest BCUT2D eigenvalue weighted by molar-refractivity contribution is 0.175. The van der Waals surface area contributed by atoms with E-state index in [0.29, 0.717) is 0 Å². The highest BCUT2D eigenvalue weighted by molar-refractivity contribution is 7.86. The van der Waals surface area contributed by atoms with Crippen molar-refractivity contribution >= 4 is 10.1 Å². The molecule has 0 aliphatic rings. The molecule has 0 aliphatic carbocycles. The van der Waals surface area contributed by atoms with Gasteiger partial charge in [-0.15, -0.1) is 0 Å². The maximum absolute atomic E-state index is 10.7. The summed E-state index contributed by atoms with van der Waals surface area (Å²) in [5.41, 5.74) is 0.763. The molecule has 1 aromatic rings. The summed E-state index contributed by atoms with van der Waals surface area (Å²) in [6, 6.07) is 9.07. The summed E-state index contributed by atoms with van der Waals surface area (Å²) in [6.07, 6.45) is -0.690. The predicted octanol–water partition coefficient (Wildman–Crippen LogP) is 0.586. The molecule has 0 heterocycles. The second kappa shape index (κ2) is 6.11. The zero-order valence-electron chi connectivity index (χ0n) is 9.57. The molecule has 1 unspecified atom stereocenters. The van der Waals surface area contributed by atoms with E-state index in [9.17, 15) is 13.5 Å². The third kappa shape index (κ3) is 4.82. The molecule has 96 valence electrons. The number of aliphatic hydroxyl groups excluding tert-OH is 1. The molecule has 0 aliphatic heterocycles. The van der Waals surface area contributed by atoms with Crippen LogP contribution in [0.5, 0.6) is 0 Å². The minimum atomic E-state index is -4.01. The Morgan fingerprint density at radius 3 is 2.35 bits per heavy atom. The van der Waals surface area contributed by atoms with Crippen LogP contribution in [0, 0.1) is 0 Å². The Hall–Kier alpha value is -0.950. The maximum atomic E-state index is 10.7. The van der Waals surface area contributed by atoms with Gasteiger partial charge in [0.05, 0.1) is 11.4 Å². The molecular formula is C11H17NO4S. The van der Waals surface area contributed by atoms with E-state index in [1.807, 2.05) is 18.2 Å². The Kier molecular flexibility index (Phi) is 5.07. The normalized spacial score (nSPS) is 15.5. The Labute approximate surface area is 101 Å². The van der Waals surface area contributed by atoms with E-state index in [1.165, 1.54) is 6.92 Å².